The molecule has 104 heavy (non-hydrogen) atoms. The van der Waals surface area contributed by atoms with Crippen molar-refractivity contribution in [3.05, 3.63) is 326 Å². The fourth-order valence-corrected chi connectivity index (χ4v) is 110. The van der Waals surface area contributed by atoms with Gasteiger partial charge in [0.25, 0.3) is 0 Å². The molecule has 14 heteroatoms. The van der Waals surface area contributed by atoms with Crippen LogP contribution >= 0.6 is 0 Å². The SMILES string of the molecule is CC(C)(C)c1ccc([S+](c2ccc(C(C)(C)C)cc2)c2ccc(C(C)(C)C)cc2)cc1.O=S(=O)([O-])c1ccc([Si]2(c3ccccc3)O[Si](c3ccccc3)(c3ccccc3)O[Si]3([O][Sn]([c]4ccccc4)([c]4ccccc4)[CH2][Sn]([c]4ccccc4)([c]4ccccc4)[O]2)C2CCCCC24CCCCC43)cc1. The molecule has 3 unspecified atom stereocenters. The van der Waals surface area contributed by atoms with Crippen molar-refractivity contribution < 1.29 is 26.7 Å². The Hall–Kier alpha value is -6.23. The van der Waals surface area contributed by atoms with Crippen LogP contribution in [-0.4, -0.2) is 76.2 Å². The van der Waals surface area contributed by atoms with Gasteiger partial charge in [0.2, 0.25) is 0 Å². The van der Waals surface area contributed by atoms with E-state index in [1.165, 1.54) is 76.4 Å². The molecule has 4 aliphatic rings. The molecule has 0 bridgehead atoms. The molecule has 3 atom stereocenters. The predicted octanol–water partition coefficient (Wildman–Crippen LogP) is 16.5. The van der Waals surface area contributed by atoms with Gasteiger partial charge in [0.1, 0.15) is 0 Å². The van der Waals surface area contributed by atoms with Crippen molar-refractivity contribution >= 4 is 119 Å². The number of hydrogen-bond acceptors (Lipinski definition) is 7. The Kier molecular flexibility index (Phi) is 21.6. The average molecular weight is 1680 g/mol. The molecule has 0 radical (unpaired) electrons. The summed E-state index contributed by atoms with van der Waals surface area (Å²) in [4.78, 5) is 3.82. The van der Waals surface area contributed by atoms with Crippen LogP contribution in [0.3, 0.4) is 0 Å². The zero-order valence-corrected chi connectivity index (χ0v) is 72.0. The average Bonchev–Trinajstić information content (AvgIpc) is 0.660. The van der Waals surface area contributed by atoms with Crippen LogP contribution in [0.25, 0.3) is 0 Å². The van der Waals surface area contributed by atoms with Gasteiger partial charge in [-0.05, 0) is 69.3 Å². The van der Waals surface area contributed by atoms with Gasteiger partial charge in [0.05, 0.1) is 10.9 Å². The van der Waals surface area contributed by atoms with E-state index in [0.717, 1.165) is 48.4 Å². The summed E-state index contributed by atoms with van der Waals surface area (Å²) in [7, 11) is -17.0. The topological polar surface area (TPSA) is 94.1 Å². The quantitative estimate of drug-likeness (QED) is 0.0683. The monoisotopic (exact) mass is 1680 g/mol. The van der Waals surface area contributed by atoms with E-state index in [9.17, 15) is 15.7 Å². The van der Waals surface area contributed by atoms with E-state index in [1.807, 2.05) is 18.2 Å². The third-order valence-electron chi connectivity index (χ3n) is 22.7. The second-order valence-corrected chi connectivity index (χ2v) is 72.6. The summed E-state index contributed by atoms with van der Waals surface area (Å²) in [6, 6.07) is 111. The Morgan fingerprint density at radius 2 is 0.663 bits per heavy atom. The van der Waals surface area contributed by atoms with Gasteiger partial charge in [0.15, 0.2) is 14.7 Å². The molecule has 532 valence electrons. The zero-order valence-electron chi connectivity index (χ0n) is 61.6. The van der Waals surface area contributed by atoms with E-state index >= 15 is 0 Å². The molecule has 2 saturated carbocycles. The van der Waals surface area contributed by atoms with E-state index < -0.39 is 73.4 Å². The molecule has 11 aromatic rings. The third-order valence-corrected chi connectivity index (χ3v) is 87.4. The van der Waals surface area contributed by atoms with Crippen molar-refractivity contribution in [2.24, 2.45) is 5.41 Å². The Bertz CT molecular complexity index is 4530. The van der Waals surface area contributed by atoms with Gasteiger partial charge in [-0.2, -0.15) is 0 Å². The fourth-order valence-electron chi connectivity index (χ4n) is 17.4. The Balaban J connectivity index is 0.000000247. The summed E-state index contributed by atoms with van der Waals surface area (Å²) < 4.78 is 80.3. The standard InChI is InChI=1S/C35H38O7SSi3.C30H39S.4C6H5.CH2.2Sn/c36-43(37,38)28-22-24-30(25-23-28)44(39,29-14-4-1-5-15-29)41-46(31-16-6-2-7-17-31,32-18-8-3-9-19-32)42-45(40)33-20-10-12-26-35(33)27-13-11-21-34(35)45;1-28(2,3)22-10-16-25(17-11-22)31(26-18-12-23(13-19-26)29(4,5)6)27-20-14-24(15-21-27)30(7,8)9;4*1-2-4-6-5-3-1;;;/h1-9,14-19,22-25,33-34H,10-13,20-21,26-27H2,(H,36,37,38);10-21H,1-9H3;4*1-5H;1H2;;/q-2;+1;;;;;;2*+1/p-1. The number of hydrogen-bond donors (Lipinski definition) is 0. The molecular formula is C90H98O7S2Si3Sn2. The third kappa shape index (κ3) is 14.5. The van der Waals surface area contributed by atoms with Gasteiger partial charge >= 0.3 is 447 Å². The first-order valence-electron chi connectivity index (χ1n) is 37.2. The minimum absolute atomic E-state index is 0.120. The molecule has 2 aliphatic carbocycles. The van der Waals surface area contributed by atoms with Crippen LogP contribution < -0.4 is 35.1 Å². The zero-order chi connectivity index (χ0) is 72.6. The normalized spacial score (nSPS) is 22.3. The van der Waals surface area contributed by atoms with E-state index in [0.29, 0.717) is 7.64 Å². The Morgan fingerprint density at radius 3 is 0.981 bits per heavy atom. The van der Waals surface area contributed by atoms with Gasteiger partial charge in [0, 0.05) is 0 Å². The number of benzene rings is 11. The molecule has 0 N–H and O–H groups in total. The van der Waals surface area contributed by atoms with Crippen molar-refractivity contribution in [1.29, 1.82) is 0 Å². The second kappa shape index (κ2) is 30.1. The molecule has 11 aromatic carbocycles. The fraction of sp³-hybridized carbons (Fsp3) is 0.267. The molecular weight excluding hydrogens is 1580 g/mol. The summed E-state index contributed by atoms with van der Waals surface area (Å²) >= 11 is -10.0. The molecule has 2 spiro atoms. The molecule has 4 fully saturated rings. The summed E-state index contributed by atoms with van der Waals surface area (Å²) in [6.07, 6.45) is 9.17. The predicted molar refractivity (Wildman–Crippen MR) is 439 cm³/mol. The number of fused-ring (bicyclic) bond motifs is 2. The van der Waals surface area contributed by atoms with Crippen LogP contribution in [-0.2, 0) is 51.0 Å². The Labute approximate surface area is 634 Å². The molecule has 2 saturated heterocycles. The van der Waals surface area contributed by atoms with Gasteiger partial charge in [-0.15, -0.1) is 0 Å². The van der Waals surface area contributed by atoms with Crippen LogP contribution in [0.15, 0.2) is 329 Å². The molecule has 2 aliphatic heterocycles. The van der Waals surface area contributed by atoms with Gasteiger partial charge in [-0.25, -0.2) is 0 Å². The summed E-state index contributed by atoms with van der Waals surface area (Å²) in [5, 5.41) is 3.53. The second-order valence-electron chi connectivity index (χ2n) is 32.2. The number of rotatable bonds is 12. The van der Waals surface area contributed by atoms with Crippen LogP contribution in [0.4, 0.5) is 0 Å². The van der Waals surface area contributed by atoms with Crippen molar-refractivity contribution in [2.75, 3.05) is 0 Å². The van der Waals surface area contributed by atoms with E-state index in [1.54, 1.807) is 0 Å². The van der Waals surface area contributed by atoms with Gasteiger partial charge in [-0.1, -0.05) is 98.7 Å². The maximum atomic E-state index is 12.9. The van der Waals surface area contributed by atoms with Crippen LogP contribution in [0.2, 0.25) is 13.5 Å². The van der Waals surface area contributed by atoms with Crippen LogP contribution in [0.5, 0.6) is 0 Å². The first-order valence-corrected chi connectivity index (χ1v) is 57.6. The first kappa shape index (κ1) is 74.6. The van der Waals surface area contributed by atoms with Gasteiger partial charge in [-0.3, -0.25) is 0 Å². The van der Waals surface area contributed by atoms with E-state index in [2.05, 4.69) is 341 Å². The van der Waals surface area contributed by atoms with Crippen molar-refractivity contribution in [3.8, 4) is 0 Å². The summed E-state index contributed by atoms with van der Waals surface area (Å²) in [6.45, 7) is 20.5. The molecule has 2 heterocycles. The van der Waals surface area contributed by atoms with Crippen molar-refractivity contribution in [2.45, 2.75) is 163 Å². The van der Waals surface area contributed by atoms with Gasteiger partial charge < -0.3 is 0 Å². The van der Waals surface area contributed by atoms with E-state index in [-0.39, 0.29) is 48.5 Å². The molecule has 0 amide bonds. The van der Waals surface area contributed by atoms with Crippen LogP contribution in [0, 0.1) is 5.41 Å². The molecule has 15 rings (SSSR count). The van der Waals surface area contributed by atoms with Crippen LogP contribution in [0.1, 0.15) is 130 Å². The maximum absolute atomic E-state index is 12.9. The van der Waals surface area contributed by atoms with Crippen molar-refractivity contribution in [1.82, 2.24) is 0 Å². The minimum atomic E-state index is -5.12. The van der Waals surface area contributed by atoms with E-state index in [4.69, 9.17) is 11.0 Å². The van der Waals surface area contributed by atoms with Crippen molar-refractivity contribution in [3.63, 3.8) is 0 Å². The summed E-state index contributed by atoms with van der Waals surface area (Å²) in [5.74, 6) is 0. The Morgan fingerprint density at radius 1 is 0.365 bits per heavy atom. The molecule has 7 nitrogen and oxygen atoms in total. The summed E-state index contributed by atoms with van der Waals surface area (Å²) in [5.41, 5.74) is 5.23. The first-order chi connectivity index (χ1) is 49.9. The molecule has 0 aromatic heterocycles.